The molecule has 0 saturated carbocycles. The molecule has 0 amide bonds. The van der Waals surface area contributed by atoms with Crippen LogP contribution >= 0.6 is 11.6 Å². The maximum absolute atomic E-state index is 12.9. The predicted octanol–water partition coefficient (Wildman–Crippen LogP) is 4.16. The number of hydrogen-bond donors (Lipinski definition) is 1. The first-order valence-corrected chi connectivity index (χ1v) is 8.03. The zero-order valence-corrected chi connectivity index (χ0v) is 13.9. The summed E-state index contributed by atoms with van der Waals surface area (Å²) in [4.78, 5) is 27.9. The maximum Gasteiger partial charge on any atom is 0.310 e. The van der Waals surface area contributed by atoms with E-state index in [-0.39, 0.29) is 18.2 Å². The quantitative estimate of drug-likeness (QED) is 0.560. The second kappa shape index (κ2) is 6.89. The summed E-state index contributed by atoms with van der Waals surface area (Å²) in [6, 6.07) is 14.2. The van der Waals surface area contributed by atoms with Crippen LogP contribution in [0.2, 0.25) is 5.02 Å². The molecular weight excluding hydrogens is 326 g/mol. The maximum atomic E-state index is 12.9. The van der Waals surface area contributed by atoms with Crippen LogP contribution in [0.5, 0.6) is 0 Å². The van der Waals surface area contributed by atoms with Gasteiger partial charge in [0.25, 0.3) is 0 Å². The predicted molar refractivity (Wildman–Crippen MR) is 93.5 cm³/mol. The van der Waals surface area contributed by atoms with E-state index in [9.17, 15) is 9.59 Å². The minimum absolute atomic E-state index is 0.0481. The normalized spacial score (nSPS) is 10.8. The van der Waals surface area contributed by atoms with Crippen LogP contribution in [-0.4, -0.2) is 23.3 Å². The fourth-order valence-corrected chi connectivity index (χ4v) is 2.81. The van der Waals surface area contributed by atoms with E-state index in [1.807, 2.05) is 24.3 Å². The van der Waals surface area contributed by atoms with Crippen LogP contribution in [0.1, 0.15) is 28.5 Å². The largest absolute Gasteiger partial charge is 0.466 e. The van der Waals surface area contributed by atoms with Gasteiger partial charge in [0.05, 0.1) is 18.7 Å². The third-order valence-electron chi connectivity index (χ3n) is 3.77. The van der Waals surface area contributed by atoms with Crippen molar-refractivity contribution in [2.24, 2.45) is 0 Å². The molecule has 0 unspecified atom stereocenters. The number of halogens is 1. The molecule has 4 nitrogen and oxygen atoms in total. The van der Waals surface area contributed by atoms with E-state index in [0.29, 0.717) is 28.5 Å². The first-order valence-electron chi connectivity index (χ1n) is 7.65. The van der Waals surface area contributed by atoms with Crippen LogP contribution in [0.25, 0.3) is 10.9 Å². The molecular formula is C19H16ClNO3. The minimum Gasteiger partial charge on any atom is -0.466 e. The van der Waals surface area contributed by atoms with E-state index >= 15 is 0 Å². The lowest BCUT2D eigenvalue weighted by molar-refractivity contribution is -0.142. The van der Waals surface area contributed by atoms with Gasteiger partial charge in [-0.2, -0.15) is 0 Å². The average Bonchev–Trinajstić information content (AvgIpc) is 2.94. The monoisotopic (exact) mass is 341 g/mol. The van der Waals surface area contributed by atoms with Gasteiger partial charge in [-0.15, -0.1) is 0 Å². The summed E-state index contributed by atoms with van der Waals surface area (Å²) in [5.74, 6) is -0.533. The summed E-state index contributed by atoms with van der Waals surface area (Å²) in [5, 5.41) is 1.41. The Bertz CT molecular complexity index is 897. The molecule has 5 heteroatoms. The molecule has 122 valence electrons. The van der Waals surface area contributed by atoms with Gasteiger partial charge >= 0.3 is 5.97 Å². The van der Waals surface area contributed by atoms with Crippen molar-refractivity contribution in [2.45, 2.75) is 13.3 Å². The standard InChI is InChI=1S/C19H16ClNO3/c1-2-24-17(22)11-15-14-5-3-4-6-16(14)21-18(15)19(23)12-7-9-13(20)10-8-12/h3-10,21H,2,11H2,1H3. The van der Waals surface area contributed by atoms with E-state index in [4.69, 9.17) is 16.3 Å². The molecule has 0 aliphatic heterocycles. The van der Waals surface area contributed by atoms with Crippen molar-refractivity contribution in [3.63, 3.8) is 0 Å². The molecule has 0 fully saturated rings. The number of aromatic amines is 1. The zero-order valence-electron chi connectivity index (χ0n) is 13.1. The lowest BCUT2D eigenvalue weighted by Crippen LogP contribution is -2.11. The van der Waals surface area contributed by atoms with Crippen molar-refractivity contribution in [1.82, 2.24) is 4.98 Å². The fourth-order valence-electron chi connectivity index (χ4n) is 2.68. The lowest BCUT2D eigenvalue weighted by Gasteiger charge is -2.05. The van der Waals surface area contributed by atoms with Crippen LogP contribution in [0.4, 0.5) is 0 Å². The molecule has 0 aliphatic rings. The Hall–Kier alpha value is -2.59. The van der Waals surface area contributed by atoms with Crippen LogP contribution in [0.3, 0.4) is 0 Å². The second-order valence-electron chi connectivity index (χ2n) is 5.34. The molecule has 0 bridgehead atoms. The van der Waals surface area contributed by atoms with E-state index in [1.165, 1.54) is 0 Å². The highest BCUT2D eigenvalue weighted by Gasteiger charge is 2.21. The molecule has 1 heterocycles. The summed E-state index contributed by atoms with van der Waals surface area (Å²) >= 11 is 5.88. The molecule has 3 aromatic rings. The smallest absolute Gasteiger partial charge is 0.310 e. The number of H-pyrrole nitrogens is 1. The van der Waals surface area contributed by atoms with Gasteiger partial charge in [-0.25, -0.2) is 0 Å². The van der Waals surface area contributed by atoms with Gasteiger partial charge in [-0.3, -0.25) is 9.59 Å². The summed E-state index contributed by atoms with van der Waals surface area (Å²) in [6.07, 6.45) is 0.0481. The number of carbonyl (C=O) groups excluding carboxylic acids is 2. The molecule has 2 aromatic carbocycles. The Morgan fingerprint density at radius 2 is 1.79 bits per heavy atom. The number of fused-ring (bicyclic) bond motifs is 1. The van der Waals surface area contributed by atoms with Gasteiger partial charge in [0, 0.05) is 27.1 Å². The Labute approximate surface area is 144 Å². The number of nitrogens with one attached hydrogen (secondary N) is 1. The van der Waals surface area contributed by atoms with E-state index < -0.39 is 0 Å². The number of carbonyl (C=O) groups is 2. The number of hydrogen-bond acceptors (Lipinski definition) is 3. The molecule has 0 aliphatic carbocycles. The van der Waals surface area contributed by atoms with Gasteiger partial charge in [0.15, 0.2) is 0 Å². The second-order valence-corrected chi connectivity index (χ2v) is 5.78. The molecule has 24 heavy (non-hydrogen) atoms. The number of rotatable bonds is 5. The lowest BCUT2D eigenvalue weighted by atomic mass is 10.0. The van der Waals surface area contributed by atoms with Crippen molar-refractivity contribution < 1.29 is 14.3 Å². The molecule has 0 radical (unpaired) electrons. The molecule has 0 saturated heterocycles. The summed E-state index contributed by atoms with van der Waals surface area (Å²) in [5.41, 5.74) is 2.39. The Kier molecular flexibility index (Phi) is 4.67. The highest BCUT2D eigenvalue weighted by molar-refractivity contribution is 6.30. The number of benzene rings is 2. The first kappa shape index (κ1) is 16.3. The molecule has 1 N–H and O–H groups in total. The molecule has 1 aromatic heterocycles. The molecule has 3 rings (SSSR count). The van der Waals surface area contributed by atoms with Crippen molar-refractivity contribution in [3.8, 4) is 0 Å². The highest BCUT2D eigenvalue weighted by atomic mass is 35.5. The van der Waals surface area contributed by atoms with Crippen molar-refractivity contribution in [2.75, 3.05) is 6.61 Å². The third kappa shape index (κ3) is 3.19. The van der Waals surface area contributed by atoms with Crippen LogP contribution in [-0.2, 0) is 16.0 Å². The van der Waals surface area contributed by atoms with Crippen LogP contribution in [0, 0.1) is 0 Å². The van der Waals surface area contributed by atoms with E-state index in [2.05, 4.69) is 4.98 Å². The summed E-state index contributed by atoms with van der Waals surface area (Å²) in [6.45, 7) is 2.06. The Morgan fingerprint density at radius 3 is 2.50 bits per heavy atom. The third-order valence-corrected chi connectivity index (χ3v) is 4.03. The van der Waals surface area contributed by atoms with E-state index in [0.717, 1.165) is 10.9 Å². The van der Waals surface area contributed by atoms with Gasteiger partial charge in [-0.1, -0.05) is 29.8 Å². The number of esters is 1. The minimum atomic E-state index is -0.354. The van der Waals surface area contributed by atoms with Crippen molar-refractivity contribution in [3.05, 3.63) is 70.4 Å². The van der Waals surface area contributed by atoms with Crippen LogP contribution in [0.15, 0.2) is 48.5 Å². The fraction of sp³-hybridized carbons (Fsp3) is 0.158. The van der Waals surface area contributed by atoms with Gasteiger partial charge in [-0.05, 0) is 37.3 Å². The molecule has 0 atom stereocenters. The summed E-state index contributed by atoms with van der Waals surface area (Å²) in [7, 11) is 0. The zero-order chi connectivity index (χ0) is 17.1. The van der Waals surface area contributed by atoms with Gasteiger partial charge in [0.1, 0.15) is 0 Å². The number of ketones is 1. The topological polar surface area (TPSA) is 59.2 Å². The highest BCUT2D eigenvalue weighted by Crippen LogP contribution is 2.25. The van der Waals surface area contributed by atoms with E-state index in [1.54, 1.807) is 31.2 Å². The Balaban J connectivity index is 2.07. The average molecular weight is 342 g/mol. The molecule has 0 spiro atoms. The van der Waals surface area contributed by atoms with Crippen molar-refractivity contribution >= 4 is 34.3 Å². The summed E-state index contributed by atoms with van der Waals surface area (Å²) < 4.78 is 5.04. The number of aromatic nitrogens is 1. The van der Waals surface area contributed by atoms with Gasteiger partial charge in [0.2, 0.25) is 5.78 Å². The SMILES string of the molecule is CCOC(=O)Cc1c(C(=O)c2ccc(Cl)cc2)[nH]c2ccccc12. The van der Waals surface area contributed by atoms with Crippen molar-refractivity contribution in [1.29, 1.82) is 0 Å². The number of ether oxygens (including phenoxy) is 1. The Morgan fingerprint density at radius 1 is 1.08 bits per heavy atom. The number of para-hydroxylation sites is 1. The van der Waals surface area contributed by atoms with Gasteiger partial charge < -0.3 is 9.72 Å². The van der Waals surface area contributed by atoms with Crippen LogP contribution < -0.4 is 0 Å². The first-order chi connectivity index (χ1) is 11.6.